The third-order valence-corrected chi connectivity index (χ3v) is 2.56. The van der Waals surface area contributed by atoms with Crippen molar-refractivity contribution in [1.29, 1.82) is 0 Å². The minimum absolute atomic E-state index is 0.0104. The van der Waals surface area contributed by atoms with E-state index in [0.29, 0.717) is 0 Å². The fourth-order valence-corrected chi connectivity index (χ4v) is 1.77. The van der Waals surface area contributed by atoms with E-state index in [4.69, 9.17) is 5.73 Å². The van der Waals surface area contributed by atoms with Crippen molar-refractivity contribution in [2.45, 2.75) is 25.3 Å². The fraction of sp³-hybridized carbons (Fsp3) is 0.556. The maximum absolute atomic E-state index is 11.7. The summed E-state index contributed by atoms with van der Waals surface area (Å²) < 4.78 is 0. The van der Waals surface area contributed by atoms with Gasteiger partial charge < -0.3 is 5.73 Å². The number of nitrogens with one attached hydrogen (secondary N) is 1. The van der Waals surface area contributed by atoms with Crippen LogP contribution in [0.3, 0.4) is 0 Å². The molecule has 15 heavy (non-hydrogen) atoms. The van der Waals surface area contributed by atoms with Crippen LogP contribution >= 0.6 is 0 Å². The monoisotopic (exact) mass is 207 g/mol. The van der Waals surface area contributed by atoms with E-state index in [1.165, 1.54) is 12.4 Å². The predicted octanol–water partition coefficient (Wildman–Crippen LogP) is -0.0625. The normalized spacial score (nSPS) is 25.1. The summed E-state index contributed by atoms with van der Waals surface area (Å²) in [5.74, 6) is 0.183. The van der Waals surface area contributed by atoms with E-state index in [1.807, 2.05) is 0 Å². The molecule has 0 aromatic carbocycles. The molecular formula is C9H13N5O. The molecule has 2 unspecified atom stereocenters. The van der Waals surface area contributed by atoms with Crippen LogP contribution in [0.25, 0.3) is 0 Å². The van der Waals surface area contributed by atoms with Crippen LogP contribution in [-0.4, -0.2) is 27.1 Å². The van der Waals surface area contributed by atoms with Gasteiger partial charge in [-0.15, -0.1) is 5.10 Å². The van der Waals surface area contributed by atoms with Gasteiger partial charge in [-0.3, -0.25) is 10.1 Å². The van der Waals surface area contributed by atoms with E-state index in [9.17, 15) is 4.79 Å². The van der Waals surface area contributed by atoms with Crippen LogP contribution < -0.4 is 11.1 Å². The highest BCUT2D eigenvalue weighted by Gasteiger charge is 2.28. The minimum atomic E-state index is -0.0593. The largest absolute Gasteiger partial charge is 0.328 e. The maximum Gasteiger partial charge on any atom is 0.249 e. The van der Waals surface area contributed by atoms with E-state index in [1.54, 1.807) is 0 Å². The molecule has 0 bridgehead atoms. The number of amides is 1. The Balaban J connectivity index is 1.93. The molecule has 0 spiro atoms. The van der Waals surface area contributed by atoms with Gasteiger partial charge in [0.25, 0.3) is 0 Å². The number of nitrogens with zero attached hydrogens (tertiary/aromatic N) is 3. The predicted molar refractivity (Wildman–Crippen MR) is 53.8 cm³/mol. The standard InChI is InChI=1S/C9H13N5O/c10-7-2-1-6(5-7)8(15)13-9-11-3-4-12-14-9/h3-4,6-7H,1-2,5,10H2,(H,11,13,14,15). The lowest BCUT2D eigenvalue weighted by Crippen LogP contribution is -2.24. The Kier molecular flexibility index (Phi) is 2.86. The topological polar surface area (TPSA) is 93.8 Å². The van der Waals surface area contributed by atoms with Gasteiger partial charge in [0.05, 0.1) is 12.4 Å². The van der Waals surface area contributed by atoms with Crippen LogP contribution in [0.4, 0.5) is 5.95 Å². The number of hydrogen-bond donors (Lipinski definition) is 2. The molecule has 80 valence electrons. The molecule has 2 rings (SSSR count). The quantitative estimate of drug-likeness (QED) is 0.708. The highest BCUT2D eigenvalue weighted by Crippen LogP contribution is 2.24. The Morgan fingerprint density at radius 1 is 1.47 bits per heavy atom. The second-order valence-corrected chi connectivity index (χ2v) is 3.73. The van der Waals surface area contributed by atoms with E-state index in [0.717, 1.165) is 19.3 Å². The van der Waals surface area contributed by atoms with Crippen LogP contribution in [0.2, 0.25) is 0 Å². The zero-order valence-electron chi connectivity index (χ0n) is 8.26. The highest BCUT2D eigenvalue weighted by molar-refractivity contribution is 5.91. The number of aromatic nitrogens is 3. The van der Waals surface area contributed by atoms with Crippen molar-refractivity contribution < 1.29 is 4.79 Å². The van der Waals surface area contributed by atoms with Gasteiger partial charge in [-0.05, 0) is 19.3 Å². The zero-order valence-corrected chi connectivity index (χ0v) is 8.26. The van der Waals surface area contributed by atoms with Crippen molar-refractivity contribution in [2.75, 3.05) is 5.32 Å². The van der Waals surface area contributed by atoms with Gasteiger partial charge in [-0.25, -0.2) is 4.98 Å². The zero-order chi connectivity index (χ0) is 10.7. The number of nitrogens with two attached hydrogens (primary N) is 1. The van der Waals surface area contributed by atoms with Crippen molar-refractivity contribution in [3.63, 3.8) is 0 Å². The lowest BCUT2D eigenvalue weighted by molar-refractivity contribution is -0.119. The number of hydrogen-bond acceptors (Lipinski definition) is 5. The molecular weight excluding hydrogens is 194 g/mol. The SMILES string of the molecule is NC1CCC(C(=O)Nc2nccnn2)C1. The molecule has 0 saturated heterocycles. The van der Waals surface area contributed by atoms with Gasteiger partial charge in [0.1, 0.15) is 0 Å². The second-order valence-electron chi connectivity index (χ2n) is 3.73. The summed E-state index contributed by atoms with van der Waals surface area (Å²) in [4.78, 5) is 15.6. The van der Waals surface area contributed by atoms with Crippen molar-refractivity contribution in [3.05, 3.63) is 12.4 Å². The Hall–Kier alpha value is -1.56. The summed E-state index contributed by atoms with van der Waals surface area (Å²) in [5, 5.41) is 9.94. The number of carbonyl (C=O) groups is 1. The lowest BCUT2D eigenvalue weighted by atomic mass is 10.1. The number of anilines is 1. The molecule has 1 aromatic rings. The molecule has 1 aliphatic rings. The van der Waals surface area contributed by atoms with Crippen molar-refractivity contribution >= 4 is 11.9 Å². The van der Waals surface area contributed by atoms with E-state index >= 15 is 0 Å². The van der Waals surface area contributed by atoms with Crippen LogP contribution in [0, 0.1) is 5.92 Å². The molecule has 0 aliphatic heterocycles. The fourth-order valence-electron chi connectivity index (χ4n) is 1.77. The first-order valence-electron chi connectivity index (χ1n) is 4.96. The van der Waals surface area contributed by atoms with Gasteiger partial charge in [0.15, 0.2) is 0 Å². The average Bonchev–Trinajstić information content (AvgIpc) is 2.66. The molecule has 1 aliphatic carbocycles. The summed E-state index contributed by atoms with van der Waals surface area (Å²) in [7, 11) is 0. The smallest absolute Gasteiger partial charge is 0.249 e. The van der Waals surface area contributed by atoms with Crippen LogP contribution in [0.1, 0.15) is 19.3 Å². The Morgan fingerprint density at radius 3 is 2.93 bits per heavy atom. The number of carbonyl (C=O) groups excluding carboxylic acids is 1. The van der Waals surface area contributed by atoms with E-state index in [2.05, 4.69) is 20.5 Å². The molecule has 3 N–H and O–H groups in total. The molecule has 1 fully saturated rings. The minimum Gasteiger partial charge on any atom is -0.328 e. The van der Waals surface area contributed by atoms with Crippen LogP contribution in [-0.2, 0) is 4.79 Å². The van der Waals surface area contributed by atoms with Gasteiger partial charge in [0.2, 0.25) is 11.9 Å². The van der Waals surface area contributed by atoms with E-state index in [-0.39, 0.29) is 23.8 Å². The summed E-state index contributed by atoms with van der Waals surface area (Å²) in [6.45, 7) is 0. The molecule has 1 aromatic heterocycles. The van der Waals surface area contributed by atoms with Crippen LogP contribution in [0.5, 0.6) is 0 Å². The van der Waals surface area contributed by atoms with Gasteiger partial charge in [-0.1, -0.05) is 0 Å². The van der Waals surface area contributed by atoms with Crippen molar-refractivity contribution in [3.8, 4) is 0 Å². The first-order chi connectivity index (χ1) is 7.25. The number of rotatable bonds is 2. The van der Waals surface area contributed by atoms with Gasteiger partial charge in [0, 0.05) is 12.0 Å². The molecule has 1 heterocycles. The summed E-state index contributed by atoms with van der Waals surface area (Å²) >= 11 is 0. The molecule has 0 radical (unpaired) electrons. The molecule has 6 nitrogen and oxygen atoms in total. The third kappa shape index (κ3) is 2.47. The van der Waals surface area contributed by atoms with Gasteiger partial charge in [-0.2, -0.15) is 5.10 Å². The van der Waals surface area contributed by atoms with Gasteiger partial charge >= 0.3 is 0 Å². The summed E-state index contributed by atoms with van der Waals surface area (Å²) in [6.07, 6.45) is 5.44. The molecule has 1 saturated carbocycles. The molecule has 1 amide bonds. The first kappa shape index (κ1) is 9.97. The first-order valence-corrected chi connectivity index (χ1v) is 4.96. The second kappa shape index (κ2) is 4.31. The molecule has 6 heteroatoms. The Morgan fingerprint density at radius 2 is 2.33 bits per heavy atom. The van der Waals surface area contributed by atoms with Crippen LogP contribution in [0.15, 0.2) is 12.4 Å². The highest BCUT2D eigenvalue weighted by atomic mass is 16.2. The average molecular weight is 207 g/mol. The lowest BCUT2D eigenvalue weighted by Gasteiger charge is -2.08. The Labute approximate surface area is 87.3 Å². The Bertz CT molecular complexity index is 342. The van der Waals surface area contributed by atoms with Crippen molar-refractivity contribution in [1.82, 2.24) is 15.2 Å². The maximum atomic E-state index is 11.7. The summed E-state index contributed by atoms with van der Waals surface area (Å²) in [5.41, 5.74) is 5.73. The third-order valence-electron chi connectivity index (χ3n) is 2.56. The molecule has 2 atom stereocenters. The summed E-state index contributed by atoms with van der Waals surface area (Å²) in [6, 6.07) is 0.149. The van der Waals surface area contributed by atoms with E-state index < -0.39 is 0 Å². The van der Waals surface area contributed by atoms with Crippen molar-refractivity contribution in [2.24, 2.45) is 11.7 Å².